The molecule has 2 N–H and O–H groups in total. The van der Waals surface area contributed by atoms with Crippen LogP contribution in [0.25, 0.3) is 0 Å². The first kappa shape index (κ1) is 20.0. The maximum absolute atomic E-state index is 12.5. The SMILES string of the molecule is CCOCc1ccccc1CNC(=O)NC(CC(C)C)c1ccccc1. The summed E-state index contributed by atoms with van der Waals surface area (Å²) in [5.74, 6) is 0.493. The van der Waals surface area contributed by atoms with Crippen LogP contribution in [0, 0.1) is 5.92 Å². The average Bonchev–Trinajstić information content (AvgIpc) is 2.65. The number of urea groups is 1. The molecule has 0 saturated heterocycles. The summed E-state index contributed by atoms with van der Waals surface area (Å²) >= 11 is 0. The molecular weight excluding hydrogens is 324 g/mol. The van der Waals surface area contributed by atoms with Crippen LogP contribution in [0.3, 0.4) is 0 Å². The quantitative estimate of drug-likeness (QED) is 0.679. The fourth-order valence-corrected chi connectivity index (χ4v) is 2.90. The molecule has 2 amide bonds. The van der Waals surface area contributed by atoms with Crippen molar-refractivity contribution < 1.29 is 9.53 Å². The number of nitrogens with one attached hydrogen (secondary N) is 2. The summed E-state index contributed by atoms with van der Waals surface area (Å²) in [6.45, 7) is 8.04. The molecule has 0 aliphatic rings. The van der Waals surface area contributed by atoms with Crippen molar-refractivity contribution in [2.45, 2.75) is 46.4 Å². The highest BCUT2D eigenvalue weighted by atomic mass is 16.5. The van der Waals surface area contributed by atoms with Gasteiger partial charge in [0.05, 0.1) is 12.6 Å². The van der Waals surface area contributed by atoms with Gasteiger partial charge in [-0.05, 0) is 36.0 Å². The molecule has 0 aromatic heterocycles. The summed E-state index contributed by atoms with van der Waals surface area (Å²) in [4.78, 5) is 12.5. The van der Waals surface area contributed by atoms with Crippen molar-refractivity contribution in [1.29, 1.82) is 0 Å². The third-order valence-electron chi connectivity index (χ3n) is 4.23. The Bertz CT molecular complexity index is 671. The van der Waals surface area contributed by atoms with Gasteiger partial charge in [-0.25, -0.2) is 4.79 Å². The van der Waals surface area contributed by atoms with Crippen LogP contribution in [-0.2, 0) is 17.9 Å². The van der Waals surface area contributed by atoms with Crippen LogP contribution in [-0.4, -0.2) is 12.6 Å². The molecule has 0 spiro atoms. The Balaban J connectivity index is 1.96. The molecular formula is C22H30N2O2. The minimum Gasteiger partial charge on any atom is -0.377 e. The molecule has 0 bridgehead atoms. The summed E-state index contributed by atoms with van der Waals surface area (Å²) in [7, 11) is 0. The lowest BCUT2D eigenvalue weighted by molar-refractivity contribution is 0.133. The molecule has 26 heavy (non-hydrogen) atoms. The molecule has 140 valence electrons. The predicted octanol–water partition coefficient (Wildman–Crippen LogP) is 4.81. The summed E-state index contributed by atoms with van der Waals surface area (Å²) in [5, 5.41) is 6.10. The highest BCUT2D eigenvalue weighted by Crippen LogP contribution is 2.21. The van der Waals surface area contributed by atoms with Gasteiger partial charge in [0.25, 0.3) is 0 Å². The van der Waals surface area contributed by atoms with E-state index in [4.69, 9.17) is 4.74 Å². The Morgan fingerprint density at radius 3 is 2.31 bits per heavy atom. The smallest absolute Gasteiger partial charge is 0.315 e. The zero-order valence-corrected chi connectivity index (χ0v) is 16.0. The number of carbonyl (C=O) groups excluding carboxylic acids is 1. The number of rotatable bonds is 9. The average molecular weight is 354 g/mol. The van der Waals surface area contributed by atoms with Crippen LogP contribution in [0.4, 0.5) is 4.79 Å². The third kappa shape index (κ3) is 6.52. The van der Waals surface area contributed by atoms with Crippen LogP contribution in [0.2, 0.25) is 0 Å². The fraction of sp³-hybridized carbons (Fsp3) is 0.409. The van der Waals surface area contributed by atoms with E-state index in [-0.39, 0.29) is 12.1 Å². The van der Waals surface area contributed by atoms with Crippen molar-refractivity contribution in [3.8, 4) is 0 Å². The van der Waals surface area contributed by atoms with E-state index in [2.05, 4.69) is 36.6 Å². The zero-order valence-electron chi connectivity index (χ0n) is 16.0. The van der Waals surface area contributed by atoms with Crippen LogP contribution >= 0.6 is 0 Å². The highest BCUT2D eigenvalue weighted by Gasteiger charge is 2.16. The first-order valence-electron chi connectivity index (χ1n) is 9.34. The summed E-state index contributed by atoms with van der Waals surface area (Å²) in [6, 6.07) is 18.0. The van der Waals surface area contributed by atoms with E-state index < -0.39 is 0 Å². The minimum absolute atomic E-state index is 0.00914. The molecule has 0 heterocycles. The molecule has 0 fully saturated rings. The molecule has 1 atom stereocenters. The van der Waals surface area contributed by atoms with E-state index in [1.807, 2.05) is 49.4 Å². The lowest BCUT2D eigenvalue weighted by Crippen LogP contribution is -2.38. The Labute approximate surface area is 157 Å². The number of ether oxygens (including phenoxy) is 1. The van der Waals surface area contributed by atoms with Gasteiger partial charge in [-0.2, -0.15) is 0 Å². The van der Waals surface area contributed by atoms with Crippen molar-refractivity contribution in [1.82, 2.24) is 10.6 Å². The first-order chi connectivity index (χ1) is 12.6. The number of carbonyl (C=O) groups is 1. The second kappa shape index (κ2) is 10.6. The standard InChI is InChI=1S/C22H30N2O2/c1-4-26-16-20-13-9-8-12-19(20)15-23-22(25)24-21(14-17(2)3)18-10-6-5-7-11-18/h5-13,17,21H,4,14-16H2,1-3H3,(H2,23,24,25). The van der Waals surface area contributed by atoms with Crippen molar-refractivity contribution in [3.05, 3.63) is 71.3 Å². The number of benzene rings is 2. The maximum atomic E-state index is 12.5. The molecule has 0 radical (unpaired) electrons. The van der Waals surface area contributed by atoms with Gasteiger partial charge >= 0.3 is 6.03 Å². The number of hydrogen-bond donors (Lipinski definition) is 2. The van der Waals surface area contributed by atoms with E-state index in [0.717, 1.165) is 23.1 Å². The van der Waals surface area contributed by atoms with Gasteiger partial charge < -0.3 is 15.4 Å². The molecule has 2 rings (SSSR count). The Morgan fingerprint density at radius 1 is 1.00 bits per heavy atom. The second-order valence-corrected chi connectivity index (χ2v) is 6.83. The molecule has 2 aromatic rings. The van der Waals surface area contributed by atoms with E-state index in [1.165, 1.54) is 0 Å². The van der Waals surface area contributed by atoms with E-state index in [9.17, 15) is 4.79 Å². The lowest BCUT2D eigenvalue weighted by atomic mass is 9.97. The van der Waals surface area contributed by atoms with Crippen molar-refractivity contribution in [2.24, 2.45) is 5.92 Å². The molecule has 0 saturated carbocycles. The van der Waals surface area contributed by atoms with Gasteiger partial charge in [0.15, 0.2) is 0 Å². The maximum Gasteiger partial charge on any atom is 0.315 e. The summed E-state index contributed by atoms with van der Waals surface area (Å²) in [6.07, 6.45) is 0.901. The number of amides is 2. The van der Waals surface area contributed by atoms with Crippen molar-refractivity contribution in [3.63, 3.8) is 0 Å². The van der Waals surface area contributed by atoms with Crippen LogP contribution < -0.4 is 10.6 Å². The normalized spacial score (nSPS) is 12.0. The predicted molar refractivity (Wildman–Crippen MR) is 106 cm³/mol. The van der Waals surface area contributed by atoms with E-state index >= 15 is 0 Å². The third-order valence-corrected chi connectivity index (χ3v) is 4.23. The Kier molecular flexibility index (Phi) is 8.16. The zero-order chi connectivity index (χ0) is 18.8. The first-order valence-corrected chi connectivity index (χ1v) is 9.34. The topological polar surface area (TPSA) is 50.4 Å². The minimum atomic E-state index is -0.147. The van der Waals surface area contributed by atoms with E-state index in [1.54, 1.807) is 0 Å². The Hall–Kier alpha value is -2.33. The van der Waals surface area contributed by atoms with Gasteiger partial charge in [0.1, 0.15) is 0 Å². The fourth-order valence-electron chi connectivity index (χ4n) is 2.90. The second-order valence-electron chi connectivity index (χ2n) is 6.83. The molecule has 1 unspecified atom stereocenters. The molecule has 2 aromatic carbocycles. The molecule has 0 aliphatic heterocycles. The van der Waals surface area contributed by atoms with Crippen molar-refractivity contribution >= 4 is 6.03 Å². The van der Waals surface area contributed by atoms with Crippen molar-refractivity contribution in [2.75, 3.05) is 6.61 Å². The van der Waals surface area contributed by atoms with Gasteiger partial charge in [-0.3, -0.25) is 0 Å². The monoisotopic (exact) mass is 354 g/mol. The van der Waals surface area contributed by atoms with Gasteiger partial charge in [0, 0.05) is 13.2 Å². The van der Waals surface area contributed by atoms with Crippen LogP contribution in [0.5, 0.6) is 0 Å². The van der Waals surface area contributed by atoms with E-state index in [0.29, 0.717) is 25.7 Å². The van der Waals surface area contributed by atoms with Gasteiger partial charge in [-0.1, -0.05) is 68.4 Å². The molecule has 4 heteroatoms. The lowest BCUT2D eigenvalue weighted by Gasteiger charge is -2.21. The molecule has 4 nitrogen and oxygen atoms in total. The molecule has 0 aliphatic carbocycles. The summed E-state index contributed by atoms with van der Waals surface area (Å²) < 4.78 is 5.50. The van der Waals surface area contributed by atoms with Gasteiger partial charge in [0.2, 0.25) is 0 Å². The van der Waals surface area contributed by atoms with Crippen LogP contribution in [0.1, 0.15) is 49.9 Å². The van der Waals surface area contributed by atoms with Gasteiger partial charge in [-0.15, -0.1) is 0 Å². The summed E-state index contributed by atoms with van der Waals surface area (Å²) in [5.41, 5.74) is 3.32. The largest absolute Gasteiger partial charge is 0.377 e. The van der Waals surface area contributed by atoms with Crippen LogP contribution in [0.15, 0.2) is 54.6 Å². The highest BCUT2D eigenvalue weighted by molar-refractivity contribution is 5.74. The number of hydrogen-bond acceptors (Lipinski definition) is 2. The Morgan fingerprint density at radius 2 is 1.65 bits per heavy atom.